The Kier molecular flexibility index (Phi) is 4.29. The van der Waals surface area contributed by atoms with Crippen LogP contribution in [0.5, 0.6) is 0 Å². The van der Waals surface area contributed by atoms with Crippen LogP contribution in [0.15, 0.2) is 24.5 Å². The molecule has 0 atom stereocenters. The lowest BCUT2D eigenvalue weighted by molar-refractivity contribution is 0.288. The maximum atomic E-state index is 9.01. The molecule has 0 unspecified atom stereocenters. The fourth-order valence-corrected chi connectivity index (χ4v) is 4.06. The van der Waals surface area contributed by atoms with Crippen molar-refractivity contribution >= 4 is 38.4 Å². The predicted molar refractivity (Wildman–Crippen MR) is 104 cm³/mol. The van der Waals surface area contributed by atoms with E-state index in [1.807, 2.05) is 16.8 Å². The van der Waals surface area contributed by atoms with Gasteiger partial charge in [-0.3, -0.25) is 0 Å². The van der Waals surface area contributed by atoms with Gasteiger partial charge >= 0.3 is 0 Å². The second-order valence-corrected chi connectivity index (χ2v) is 7.58. The molecule has 1 aromatic carbocycles. The summed E-state index contributed by atoms with van der Waals surface area (Å²) in [6.07, 6.45) is 2.99. The number of aryl methyl sites for hydroxylation is 1. The molecule has 0 fully saturated rings. The number of benzene rings is 1. The molecule has 0 bridgehead atoms. The summed E-state index contributed by atoms with van der Waals surface area (Å²) in [5, 5.41) is 15.6. The van der Waals surface area contributed by atoms with Gasteiger partial charge in [-0.1, -0.05) is 6.07 Å². The zero-order valence-corrected chi connectivity index (χ0v) is 15.5. The molecule has 3 aromatic heterocycles. The van der Waals surface area contributed by atoms with Crippen LogP contribution in [-0.4, -0.2) is 36.4 Å². The van der Waals surface area contributed by atoms with Gasteiger partial charge in [0.05, 0.1) is 20.6 Å². The van der Waals surface area contributed by atoms with Crippen molar-refractivity contribution in [3.05, 3.63) is 29.5 Å². The molecular weight excluding hydrogens is 348 g/mol. The third kappa shape index (κ3) is 2.81. The Labute approximate surface area is 154 Å². The number of rotatable bonds is 5. The molecule has 0 spiro atoms. The largest absolute Gasteiger partial charge is 0.396 e. The van der Waals surface area contributed by atoms with Gasteiger partial charge in [-0.2, -0.15) is 5.10 Å². The van der Waals surface area contributed by atoms with E-state index < -0.39 is 0 Å². The number of nitrogens with zero attached hydrogens (tertiary/aromatic N) is 5. The van der Waals surface area contributed by atoms with E-state index >= 15 is 0 Å². The summed E-state index contributed by atoms with van der Waals surface area (Å²) in [7, 11) is 0. The molecule has 0 aliphatic heterocycles. The Morgan fingerprint density at radius 2 is 2.12 bits per heavy atom. The molecule has 0 saturated carbocycles. The van der Waals surface area contributed by atoms with E-state index in [2.05, 4.69) is 34.9 Å². The van der Waals surface area contributed by atoms with Crippen molar-refractivity contribution in [2.75, 3.05) is 12.3 Å². The number of aromatic nitrogens is 5. The molecule has 0 aliphatic rings. The quantitative estimate of drug-likeness (QED) is 0.561. The lowest BCUT2D eigenvalue weighted by atomic mass is 10.1. The maximum Gasteiger partial charge on any atom is 0.164 e. The van der Waals surface area contributed by atoms with E-state index in [1.165, 1.54) is 6.33 Å². The third-order valence-electron chi connectivity index (χ3n) is 4.26. The third-order valence-corrected chi connectivity index (χ3v) is 5.34. The van der Waals surface area contributed by atoms with Crippen LogP contribution in [0.2, 0.25) is 0 Å². The van der Waals surface area contributed by atoms with Crippen molar-refractivity contribution in [3.8, 4) is 11.3 Å². The molecular formula is C18H20N6OS. The van der Waals surface area contributed by atoms with Crippen LogP contribution in [-0.2, 0) is 6.42 Å². The van der Waals surface area contributed by atoms with E-state index in [-0.39, 0.29) is 12.6 Å². The Balaban J connectivity index is 1.87. The highest BCUT2D eigenvalue weighted by molar-refractivity contribution is 7.18. The highest BCUT2D eigenvalue weighted by Gasteiger charge is 2.19. The highest BCUT2D eigenvalue weighted by Crippen LogP contribution is 2.34. The minimum absolute atomic E-state index is 0.165. The number of aliphatic hydroxyl groups excluding tert-OH is 1. The number of fused-ring (bicyclic) bond motifs is 2. The summed E-state index contributed by atoms with van der Waals surface area (Å²) in [5.74, 6) is 0.435. The Hall–Kier alpha value is -2.58. The van der Waals surface area contributed by atoms with E-state index in [0.717, 1.165) is 50.4 Å². The van der Waals surface area contributed by atoms with Crippen LogP contribution in [0.4, 0.5) is 5.82 Å². The van der Waals surface area contributed by atoms with E-state index in [0.29, 0.717) is 5.82 Å². The fourth-order valence-electron chi connectivity index (χ4n) is 3.01. The number of hydrogen-bond donors (Lipinski definition) is 2. The Morgan fingerprint density at radius 3 is 2.88 bits per heavy atom. The van der Waals surface area contributed by atoms with E-state index in [1.54, 1.807) is 11.3 Å². The standard InChI is InChI=1S/C18H20N6OS/c1-10(2)24-18-15(17(19)20-9-21-18)16(23-24)11-5-6-12-13(8-11)26-14(22-12)4-3-7-25/h5-6,8-10,25H,3-4,7H2,1-2H3,(H2,19,20,21). The van der Waals surface area contributed by atoms with Crippen LogP contribution in [0, 0.1) is 0 Å². The fraction of sp³-hybridized carbons (Fsp3) is 0.333. The molecule has 7 nitrogen and oxygen atoms in total. The second kappa shape index (κ2) is 6.62. The van der Waals surface area contributed by atoms with Gasteiger partial charge < -0.3 is 10.8 Å². The minimum atomic E-state index is 0.165. The van der Waals surface area contributed by atoms with Gasteiger partial charge in [-0.15, -0.1) is 11.3 Å². The van der Waals surface area contributed by atoms with Gasteiger partial charge in [0.15, 0.2) is 5.65 Å². The van der Waals surface area contributed by atoms with Crippen molar-refractivity contribution < 1.29 is 5.11 Å². The first-order valence-corrected chi connectivity index (χ1v) is 9.39. The zero-order chi connectivity index (χ0) is 18.3. The van der Waals surface area contributed by atoms with Crippen LogP contribution in [0.25, 0.3) is 32.5 Å². The topological polar surface area (TPSA) is 103 Å². The molecule has 4 aromatic rings. The van der Waals surface area contributed by atoms with E-state index in [9.17, 15) is 0 Å². The van der Waals surface area contributed by atoms with Crippen LogP contribution in [0.1, 0.15) is 31.3 Å². The molecule has 134 valence electrons. The molecule has 0 amide bonds. The first-order valence-electron chi connectivity index (χ1n) is 8.58. The van der Waals surface area contributed by atoms with Gasteiger partial charge in [0, 0.05) is 24.6 Å². The summed E-state index contributed by atoms with van der Waals surface area (Å²) in [6.45, 7) is 4.31. The molecule has 0 aliphatic carbocycles. The summed E-state index contributed by atoms with van der Waals surface area (Å²) in [4.78, 5) is 13.2. The molecule has 3 N–H and O–H groups in total. The van der Waals surface area contributed by atoms with Crippen LogP contribution >= 0.6 is 11.3 Å². The van der Waals surface area contributed by atoms with Crippen molar-refractivity contribution in [1.29, 1.82) is 0 Å². The zero-order valence-electron chi connectivity index (χ0n) is 14.7. The van der Waals surface area contributed by atoms with Crippen LogP contribution in [0.3, 0.4) is 0 Å². The van der Waals surface area contributed by atoms with Gasteiger partial charge in [0.1, 0.15) is 17.8 Å². The lowest BCUT2D eigenvalue weighted by Crippen LogP contribution is -2.04. The van der Waals surface area contributed by atoms with Gasteiger partial charge in [0.2, 0.25) is 0 Å². The predicted octanol–water partition coefficient (Wildman–Crippen LogP) is 3.19. The first kappa shape index (κ1) is 16.9. The second-order valence-electron chi connectivity index (χ2n) is 6.46. The number of hydrogen-bond acceptors (Lipinski definition) is 7. The molecule has 4 rings (SSSR count). The maximum absolute atomic E-state index is 9.01. The smallest absolute Gasteiger partial charge is 0.164 e. The average Bonchev–Trinajstić information content (AvgIpc) is 3.21. The van der Waals surface area contributed by atoms with Crippen LogP contribution < -0.4 is 5.73 Å². The summed E-state index contributed by atoms with van der Waals surface area (Å²) in [5.41, 5.74) is 9.61. The molecule has 26 heavy (non-hydrogen) atoms. The number of nitrogen functional groups attached to an aromatic ring is 1. The number of aliphatic hydroxyl groups is 1. The SMILES string of the molecule is CC(C)n1nc(-c2ccc3nc(CCCO)sc3c2)c2c(N)ncnc21. The van der Waals surface area contributed by atoms with Gasteiger partial charge in [-0.25, -0.2) is 19.6 Å². The number of anilines is 1. The summed E-state index contributed by atoms with van der Waals surface area (Å²) in [6, 6.07) is 6.27. The summed E-state index contributed by atoms with van der Waals surface area (Å²) < 4.78 is 2.98. The Bertz CT molecular complexity index is 1080. The van der Waals surface area contributed by atoms with Crippen molar-refractivity contribution in [2.45, 2.75) is 32.7 Å². The van der Waals surface area contributed by atoms with Gasteiger partial charge in [0.25, 0.3) is 0 Å². The molecule has 8 heteroatoms. The molecule has 3 heterocycles. The normalized spacial score (nSPS) is 11.8. The first-order chi connectivity index (χ1) is 12.6. The van der Waals surface area contributed by atoms with Crippen molar-refractivity contribution in [1.82, 2.24) is 24.7 Å². The number of thiazole rings is 1. The van der Waals surface area contributed by atoms with Crippen molar-refractivity contribution in [3.63, 3.8) is 0 Å². The summed E-state index contributed by atoms with van der Waals surface area (Å²) >= 11 is 1.65. The monoisotopic (exact) mass is 368 g/mol. The van der Waals surface area contributed by atoms with Crippen molar-refractivity contribution in [2.24, 2.45) is 0 Å². The lowest BCUT2D eigenvalue weighted by Gasteiger charge is -2.05. The Morgan fingerprint density at radius 1 is 1.27 bits per heavy atom. The molecule has 0 radical (unpaired) electrons. The molecule has 0 saturated heterocycles. The average molecular weight is 368 g/mol. The van der Waals surface area contributed by atoms with E-state index in [4.69, 9.17) is 15.9 Å². The van der Waals surface area contributed by atoms with Gasteiger partial charge in [-0.05, 0) is 32.4 Å². The number of nitrogens with two attached hydrogens (primary N) is 1. The highest BCUT2D eigenvalue weighted by atomic mass is 32.1. The minimum Gasteiger partial charge on any atom is -0.396 e.